The van der Waals surface area contributed by atoms with Gasteiger partial charge in [-0.15, -0.1) is 0 Å². The van der Waals surface area contributed by atoms with Crippen molar-refractivity contribution in [3.63, 3.8) is 0 Å². The number of rotatable bonds is 8. The van der Waals surface area contributed by atoms with E-state index in [-0.39, 0.29) is 5.78 Å². The smallest absolute Gasteiger partial charge is 0.203 e. The highest BCUT2D eigenvalue weighted by Gasteiger charge is 2.47. The summed E-state index contributed by atoms with van der Waals surface area (Å²) in [6.45, 7) is 0. The topological polar surface area (TPSA) is 75.8 Å². The average molecular weight is 453 g/mol. The van der Waals surface area contributed by atoms with E-state index >= 15 is 0 Å². The quantitative estimate of drug-likeness (QED) is 0.445. The van der Waals surface area contributed by atoms with Gasteiger partial charge in [0.1, 0.15) is 6.10 Å². The number of ketones is 1. The second-order valence-corrected chi connectivity index (χ2v) is 6.84. The van der Waals surface area contributed by atoms with Gasteiger partial charge in [-0.2, -0.15) is 0 Å². The normalized spacial score (nSPS) is 17.6. The van der Waals surface area contributed by atoms with Gasteiger partial charge in [-0.05, 0) is 45.8 Å². The first-order valence-electron chi connectivity index (χ1n) is 8.40. The fourth-order valence-electron chi connectivity index (χ4n) is 3.03. The highest BCUT2D eigenvalue weighted by Crippen LogP contribution is 2.47. The van der Waals surface area contributed by atoms with Crippen LogP contribution in [0.25, 0.3) is 0 Å². The minimum Gasteiger partial charge on any atom is -0.493 e. The molecule has 0 amide bonds. The van der Waals surface area contributed by atoms with Gasteiger partial charge in [0.25, 0.3) is 0 Å². The molecule has 0 radical (unpaired) electrons. The lowest BCUT2D eigenvalue weighted by atomic mass is 10.0. The molecule has 2 aromatic rings. The highest BCUT2D eigenvalue weighted by atomic mass is 79.9. The van der Waals surface area contributed by atoms with Crippen molar-refractivity contribution in [3.8, 4) is 28.7 Å². The molecular formula is C20H21BrO7. The Balaban J connectivity index is 1.89. The SMILES string of the molecule is COc1cc(Br)c(C(=O)C2OC2c2cc(OC)c(OC)c(OC)c2)cc1OC. The summed E-state index contributed by atoms with van der Waals surface area (Å²) in [7, 11) is 7.67. The van der Waals surface area contributed by atoms with Crippen molar-refractivity contribution >= 4 is 21.7 Å². The van der Waals surface area contributed by atoms with E-state index in [2.05, 4.69) is 15.9 Å². The van der Waals surface area contributed by atoms with Gasteiger partial charge >= 0.3 is 0 Å². The molecule has 1 fully saturated rings. The second kappa shape index (κ2) is 8.28. The van der Waals surface area contributed by atoms with Crippen LogP contribution in [0.3, 0.4) is 0 Å². The maximum atomic E-state index is 13.0. The summed E-state index contributed by atoms with van der Waals surface area (Å²) in [6, 6.07) is 6.90. The Morgan fingerprint density at radius 1 is 0.821 bits per heavy atom. The van der Waals surface area contributed by atoms with Crippen molar-refractivity contribution in [3.05, 3.63) is 39.9 Å². The number of methoxy groups -OCH3 is 5. The van der Waals surface area contributed by atoms with Crippen LogP contribution in [0.1, 0.15) is 22.0 Å². The Bertz CT molecular complexity index is 871. The van der Waals surface area contributed by atoms with Crippen molar-refractivity contribution in [2.45, 2.75) is 12.2 Å². The summed E-state index contributed by atoms with van der Waals surface area (Å²) in [4.78, 5) is 13.0. The molecule has 2 aromatic carbocycles. The molecule has 8 heteroatoms. The Hall–Kier alpha value is -2.45. The molecule has 2 unspecified atom stereocenters. The predicted octanol–water partition coefficient (Wildman–Crippen LogP) is 3.81. The molecule has 0 N–H and O–H groups in total. The molecule has 1 aliphatic heterocycles. The lowest BCUT2D eigenvalue weighted by Crippen LogP contribution is -2.10. The van der Waals surface area contributed by atoms with Crippen LogP contribution in [0.2, 0.25) is 0 Å². The standard InChI is InChI=1S/C20H21BrO7/c1-23-13-8-11(12(21)9-14(13)24-2)17(22)20-18(28-20)10-6-15(25-3)19(27-5)16(7-10)26-4/h6-9,18,20H,1-5H3. The van der Waals surface area contributed by atoms with Gasteiger partial charge in [0.15, 0.2) is 34.9 Å². The van der Waals surface area contributed by atoms with Crippen LogP contribution in [0, 0.1) is 0 Å². The number of carbonyl (C=O) groups is 1. The minimum absolute atomic E-state index is 0.161. The molecular weight excluding hydrogens is 432 g/mol. The molecule has 1 heterocycles. The van der Waals surface area contributed by atoms with Crippen LogP contribution in [0.5, 0.6) is 28.7 Å². The summed E-state index contributed by atoms with van der Waals surface area (Å²) >= 11 is 3.42. The molecule has 0 spiro atoms. The third-order valence-electron chi connectivity index (χ3n) is 4.50. The fraction of sp³-hybridized carbons (Fsp3) is 0.350. The van der Waals surface area contributed by atoms with Gasteiger partial charge in [0.05, 0.1) is 35.5 Å². The van der Waals surface area contributed by atoms with Crippen LogP contribution in [-0.4, -0.2) is 47.4 Å². The molecule has 7 nitrogen and oxygen atoms in total. The summed E-state index contributed by atoms with van der Waals surface area (Å²) in [6.07, 6.45) is -1.02. The number of epoxide rings is 1. The van der Waals surface area contributed by atoms with E-state index < -0.39 is 12.2 Å². The van der Waals surface area contributed by atoms with E-state index in [9.17, 15) is 4.79 Å². The molecule has 2 atom stereocenters. The van der Waals surface area contributed by atoms with Gasteiger partial charge in [0.2, 0.25) is 5.75 Å². The Labute approximate surface area is 171 Å². The first-order valence-corrected chi connectivity index (χ1v) is 9.19. The maximum Gasteiger partial charge on any atom is 0.203 e. The maximum absolute atomic E-state index is 13.0. The van der Waals surface area contributed by atoms with Gasteiger partial charge in [-0.3, -0.25) is 4.79 Å². The number of hydrogen-bond donors (Lipinski definition) is 0. The molecule has 0 aliphatic carbocycles. The molecule has 0 aromatic heterocycles. The zero-order valence-corrected chi connectivity index (χ0v) is 17.8. The van der Waals surface area contributed by atoms with Crippen molar-refractivity contribution < 1.29 is 33.2 Å². The van der Waals surface area contributed by atoms with E-state index in [0.717, 1.165) is 5.56 Å². The fourth-order valence-corrected chi connectivity index (χ4v) is 3.54. The van der Waals surface area contributed by atoms with E-state index in [1.54, 1.807) is 24.3 Å². The molecule has 28 heavy (non-hydrogen) atoms. The number of halogens is 1. The zero-order chi connectivity index (χ0) is 20.4. The van der Waals surface area contributed by atoms with Crippen molar-refractivity contribution in [1.82, 2.24) is 0 Å². The molecule has 150 valence electrons. The molecule has 3 rings (SSSR count). The summed E-state index contributed by atoms with van der Waals surface area (Å²) < 4.78 is 32.9. The van der Waals surface area contributed by atoms with Crippen LogP contribution < -0.4 is 23.7 Å². The van der Waals surface area contributed by atoms with E-state index in [4.69, 9.17) is 28.4 Å². The monoisotopic (exact) mass is 452 g/mol. The van der Waals surface area contributed by atoms with Crippen molar-refractivity contribution in [2.75, 3.05) is 35.5 Å². The first kappa shape index (κ1) is 20.3. The van der Waals surface area contributed by atoms with Gasteiger partial charge in [-0.25, -0.2) is 0 Å². The molecule has 0 bridgehead atoms. The summed E-state index contributed by atoms with van der Waals surface area (Å²) in [5, 5.41) is 0. The Morgan fingerprint density at radius 2 is 1.36 bits per heavy atom. The van der Waals surface area contributed by atoms with Crippen LogP contribution in [0.15, 0.2) is 28.7 Å². The van der Waals surface area contributed by atoms with E-state index in [0.29, 0.717) is 38.8 Å². The summed E-state index contributed by atoms with van der Waals surface area (Å²) in [5.74, 6) is 2.34. The number of ether oxygens (including phenoxy) is 6. The summed E-state index contributed by atoms with van der Waals surface area (Å²) in [5.41, 5.74) is 1.22. The van der Waals surface area contributed by atoms with E-state index in [1.807, 2.05) is 0 Å². The van der Waals surface area contributed by atoms with Crippen LogP contribution >= 0.6 is 15.9 Å². The van der Waals surface area contributed by atoms with Crippen molar-refractivity contribution in [2.24, 2.45) is 0 Å². The Kier molecular flexibility index (Phi) is 6.00. The third-order valence-corrected chi connectivity index (χ3v) is 5.16. The van der Waals surface area contributed by atoms with Gasteiger partial charge < -0.3 is 28.4 Å². The average Bonchev–Trinajstić information content (AvgIpc) is 3.52. The second-order valence-electron chi connectivity index (χ2n) is 5.99. The number of hydrogen-bond acceptors (Lipinski definition) is 7. The molecule has 1 saturated heterocycles. The van der Waals surface area contributed by atoms with Crippen LogP contribution in [-0.2, 0) is 4.74 Å². The lowest BCUT2D eigenvalue weighted by Gasteiger charge is -2.13. The molecule has 1 aliphatic rings. The van der Waals surface area contributed by atoms with Crippen LogP contribution in [0.4, 0.5) is 0 Å². The number of Topliss-reactive ketones (excluding diaryl/α,β-unsaturated/α-hetero) is 1. The highest BCUT2D eigenvalue weighted by molar-refractivity contribution is 9.10. The van der Waals surface area contributed by atoms with Gasteiger partial charge in [-0.1, -0.05) is 0 Å². The lowest BCUT2D eigenvalue weighted by molar-refractivity contribution is 0.0952. The third kappa shape index (κ3) is 3.62. The van der Waals surface area contributed by atoms with Gasteiger partial charge in [0, 0.05) is 10.0 Å². The minimum atomic E-state index is -0.614. The van der Waals surface area contributed by atoms with E-state index in [1.165, 1.54) is 35.5 Å². The van der Waals surface area contributed by atoms with Crippen molar-refractivity contribution in [1.29, 1.82) is 0 Å². The Morgan fingerprint density at radius 3 is 1.86 bits per heavy atom. The molecule has 0 saturated carbocycles. The number of benzene rings is 2. The largest absolute Gasteiger partial charge is 0.493 e. The first-order chi connectivity index (χ1) is 13.5. The zero-order valence-electron chi connectivity index (χ0n) is 16.2. The number of carbonyl (C=O) groups excluding carboxylic acids is 1. The predicted molar refractivity (Wildman–Crippen MR) is 105 cm³/mol.